The summed E-state index contributed by atoms with van der Waals surface area (Å²) >= 11 is 10.1. The van der Waals surface area contributed by atoms with Crippen LogP contribution in [0, 0.1) is 0 Å². The van der Waals surface area contributed by atoms with Crippen LogP contribution in [0.25, 0.3) is 0 Å². The predicted molar refractivity (Wildman–Crippen MR) is 117 cm³/mol. The largest absolute Gasteiger partial charge is 0.464 e. The molecular weight excluding hydrogens is 468 g/mol. The number of rotatable bonds is 2. The van der Waals surface area contributed by atoms with E-state index < -0.39 is 6.23 Å². The maximum absolute atomic E-state index is 6.52. The van der Waals surface area contributed by atoms with Crippen molar-refractivity contribution in [3.05, 3.63) is 86.8 Å². The molecule has 0 spiro atoms. The van der Waals surface area contributed by atoms with Crippen molar-refractivity contribution in [3.63, 3.8) is 0 Å². The van der Waals surface area contributed by atoms with Gasteiger partial charge in [0.15, 0.2) is 11.5 Å². The fourth-order valence-corrected chi connectivity index (χ4v) is 4.80. The Balaban J connectivity index is 1.45. The molecule has 0 aliphatic carbocycles. The molecule has 0 bridgehead atoms. The average Bonchev–Trinajstić information content (AvgIpc) is 3.40. The molecule has 0 aromatic heterocycles. The summed E-state index contributed by atoms with van der Waals surface area (Å²) in [6.45, 7) is 0.254. The van der Waals surface area contributed by atoms with E-state index in [0.717, 1.165) is 50.5 Å². The molecule has 3 heterocycles. The van der Waals surface area contributed by atoms with E-state index in [9.17, 15) is 0 Å². The summed E-state index contributed by atoms with van der Waals surface area (Å²) in [5.74, 6) is 2.37. The lowest BCUT2D eigenvalue weighted by molar-refractivity contribution is -0.0190. The standard InChI is InChI=1S/C23H16BrClN2O3/c24-14-6-8-20-16(10-14)19-11-18(13-5-7-21-22(9-13)29-12-28-21)26-27(19)23(30-20)15-3-1-2-4-17(15)25/h1-10,19,23H,11-12H2/t19-,23+/m0/s1. The van der Waals surface area contributed by atoms with Gasteiger partial charge < -0.3 is 14.2 Å². The number of hydrazone groups is 1. The van der Waals surface area contributed by atoms with Crippen LogP contribution < -0.4 is 14.2 Å². The van der Waals surface area contributed by atoms with Crippen LogP contribution in [0.1, 0.15) is 35.4 Å². The number of ether oxygens (including phenoxy) is 3. The first kappa shape index (κ1) is 18.1. The third kappa shape index (κ3) is 2.86. The molecule has 0 fully saturated rings. The monoisotopic (exact) mass is 482 g/mol. The smallest absolute Gasteiger partial charge is 0.231 e. The van der Waals surface area contributed by atoms with Gasteiger partial charge in [-0.25, -0.2) is 5.01 Å². The second-order valence-corrected chi connectivity index (χ2v) is 8.71. The topological polar surface area (TPSA) is 43.3 Å². The molecule has 6 rings (SSSR count). The van der Waals surface area contributed by atoms with Crippen molar-refractivity contribution >= 4 is 33.2 Å². The SMILES string of the molecule is Clc1ccccc1[C@H]1Oc2ccc(Br)cc2[C@@H]2CC(c3ccc4c(c3)OCO4)=NN12. The fraction of sp³-hybridized carbons (Fsp3) is 0.174. The Kier molecular flexibility index (Phi) is 4.18. The molecule has 5 nitrogen and oxygen atoms in total. The van der Waals surface area contributed by atoms with Gasteiger partial charge in [-0.1, -0.05) is 45.7 Å². The minimum atomic E-state index is -0.399. The van der Waals surface area contributed by atoms with Gasteiger partial charge in [-0.15, -0.1) is 0 Å². The number of benzene rings is 3. The molecule has 150 valence electrons. The number of hydrogen-bond donors (Lipinski definition) is 0. The zero-order valence-electron chi connectivity index (χ0n) is 15.7. The van der Waals surface area contributed by atoms with E-state index in [-0.39, 0.29) is 12.8 Å². The summed E-state index contributed by atoms with van der Waals surface area (Å²) in [4.78, 5) is 0. The fourth-order valence-electron chi connectivity index (χ4n) is 4.19. The van der Waals surface area contributed by atoms with E-state index in [0.29, 0.717) is 5.02 Å². The van der Waals surface area contributed by atoms with E-state index in [2.05, 4.69) is 22.0 Å². The van der Waals surface area contributed by atoms with E-state index in [4.69, 9.17) is 30.9 Å². The molecule has 0 saturated heterocycles. The maximum atomic E-state index is 6.52. The van der Waals surface area contributed by atoms with Gasteiger partial charge in [-0.2, -0.15) is 5.10 Å². The Morgan fingerprint density at radius 1 is 0.933 bits per heavy atom. The zero-order valence-corrected chi connectivity index (χ0v) is 18.1. The highest BCUT2D eigenvalue weighted by atomic mass is 79.9. The summed E-state index contributed by atoms with van der Waals surface area (Å²) < 4.78 is 18.4. The molecule has 3 aliphatic rings. The number of hydrogen-bond acceptors (Lipinski definition) is 5. The quantitative estimate of drug-likeness (QED) is 0.443. The highest BCUT2D eigenvalue weighted by Crippen LogP contribution is 2.49. The van der Waals surface area contributed by atoms with Crippen molar-refractivity contribution in [2.45, 2.75) is 18.7 Å². The second kappa shape index (κ2) is 6.93. The highest BCUT2D eigenvalue weighted by molar-refractivity contribution is 9.10. The van der Waals surface area contributed by atoms with Gasteiger partial charge in [0.2, 0.25) is 13.0 Å². The Morgan fingerprint density at radius 2 is 1.77 bits per heavy atom. The first-order valence-corrected chi connectivity index (χ1v) is 10.8. The second-order valence-electron chi connectivity index (χ2n) is 7.39. The van der Waals surface area contributed by atoms with Crippen molar-refractivity contribution in [2.24, 2.45) is 5.10 Å². The van der Waals surface area contributed by atoms with Crippen LogP contribution >= 0.6 is 27.5 Å². The summed E-state index contributed by atoms with van der Waals surface area (Å²) in [5.41, 5.74) is 4.00. The van der Waals surface area contributed by atoms with Crippen LogP contribution in [0.4, 0.5) is 0 Å². The van der Waals surface area contributed by atoms with Gasteiger partial charge >= 0.3 is 0 Å². The van der Waals surface area contributed by atoms with E-state index in [1.54, 1.807) is 0 Å². The van der Waals surface area contributed by atoms with Gasteiger partial charge in [0.05, 0.1) is 11.8 Å². The highest BCUT2D eigenvalue weighted by Gasteiger charge is 2.41. The average molecular weight is 484 g/mol. The molecule has 0 amide bonds. The normalized spacial score (nSPS) is 21.0. The van der Waals surface area contributed by atoms with Crippen LogP contribution in [0.3, 0.4) is 0 Å². The van der Waals surface area contributed by atoms with Crippen LogP contribution in [0.2, 0.25) is 5.02 Å². The zero-order chi connectivity index (χ0) is 20.2. The van der Waals surface area contributed by atoms with E-state index in [1.165, 1.54) is 0 Å². The van der Waals surface area contributed by atoms with Crippen LogP contribution in [-0.2, 0) is 0 Å². The summed E-state index contributed by atoms with van der Waals surface area (Å²) in [6, 6.07) is 19.9. The van der Waals surface area contributed by atoms with Gasteiger partial charge in [-0.05, 0) is 42.5 Å². The van der Waals surface area contributed by atoms with Crippen LogP contribution in [-0.4, -0.2) is 17.5 Å². The molecule has 0 saturated carbocycles. The first-order valence-electron chi connectivity index (χ1n) is 9.64. The third-order valence-electron chi connectivity index (χ3n) is 5.63. The van der Waals surface area contributed by atoms with Crippen molar-refractivity contribution in [1.29, 1.82) is 0 Å². The maximum Gasteiger partial charge on any atom is 0.231 e. The molecular formula is C23H16BrClN2O3. The Bertz CT molecular complexity index is 1200. The molecule has 7 heteroatoms. The van der Waals surface area contributed by atoms with Gasteiger partial charge in [0.1, 0.15) is 5.75 Å². The predicted octanol–water partition coefficient (Wildman–Crippen LogP) is 6.07. The van der Waals surface area contributed by atoms with Gasteiger partial charge in [0.25, 0.3) is 0 Å². The lowest BCUT2D eigenvalue weighted by Gasteiger charge is -2.38. The Morgan fingerprint density at radius 3 is 2.67 bits per heavy atom. The minimum Gasteiger partial charge on any atom is -0.464 e. The van der Waals surface area contributed by atoms with Gasteiger partial charge in [0, 0.05) is 32.6 Å². The third-order valence-corrected chi connectivity index (χ3v) is 6.47. The summed E-state index contributed by atoms with van der Waals surface area (Å²) in [6.07, 6.45) is 0.358. The van der Waals surface area contributed by atoms with Crippen molar-refractivity contribution < 1.29 is 14.2 Å². The van der Waals surface area contributed by atoms with Crippen molar-refractivity contribution in [2.75, 3.05) is 6.79 Å². The lowest BCUT2D eigenvalue weighted by Crippen LogP contribution is -2.33. The lowest BCUT2D eigenvalue weighted by atomic mass is 9.96. The number of fused-ring (bicyclic) bond motifs is 4. The van der Waals surface area contributed by atoms with Crippen LogP contribution in [0.5, 0.6) is 17.2 Å². The molecule has 3 aromatic rings. The minimum absolute atomic E-state index is 0.0490. The molecule has 0 radical (unpaired) electrons. The summed E-state index contributed by atoms with van der Waals surface area (Å²) in [7, 11) is 0. The summed E-state index contributed by atoms with van der Waals surface area (Å²) in [5, 5.41) is 7.67. The van der Waals surface area contributed by atoms with Crippen molar-refractivity contribution in [1.82, 2.24) is 5.01 Å². The molecule has 30 heavy (non-hydrogen) atoms. The number of nitrogens with zero attached hydrogens (tertiary/aromatic N) is 2. The Hall–Kier alpha value is -2.70. The molecule has 0 N–H and O–H groups in total. The van der Waals surface area contributed by atoms with E-state index >= 15 is 0 Å². The van der Waals surface area contributed by atoms with Crippen LogP contribution in [0.15, 0.2) is 70.2 Å². The molecule has 3 aromatic carbocycles. The number of halogens is 2. The van der Waals surface area contributed by atoms with Gasteiger partial charge in [-0.3, -0.25) is 0 Å². The van der Waals surface area contributed by atoms with Crippen molar-refractivity contribution in [3.8, 4) is 17.2 Å². The Labute approximate surface area is 186 Å². The molecule has 0 unspecified atom stereocenters. The first-order chi connectivity index (χ1) is 14.7. The van der Waals surface area contributed by atoms with E-state index in [1.807, 2.05) is 59.6 Å². The molecule has 3 aliphatic heterocycles. The molecule has 2 atom stereocenters.